The molecular formula is C24H26N2O6S. The van der Waals surface area contributed by atoms with Gasteiger partial charge >= 0.3 is 0 Å². The molecule has 0 aliphatic rings. The van der Waals surface area contributed by atoms with Gasteiger partial charge in [-0.2, -0.15) is 0 Å². The van der Waals surface area contributed by atoms with Gasteiger partial charge in [0.2, 0.25) is 10.0 Å². The van der Waals surface area contributed by atoms with Crippen LogP contribution < -0.4 is 19.5 Å². The number of para-hydroxylation sites is 1. The molecule has 1 atom stereocenters. The predicted octanol–water partition coefficient (Wildman–Crippen LogP) is 3.81. The van der Waals surface area contributed by atoms with Crippen LogP contribution in [0.4, 0.5) is 5.69 Å². The van der Waals surface area contributed by atoms with Crippen molar-refractivity contribution in [3.05, 3.63) is 78.9 Å². The number of anilines is 1. The van der Waals surface area contributed by atoms with Gasteiger partial charge in [-0.15, -0.1) is 0 Å². The van der Waals surface area contributed by atoms with Gasteiger partial charge in [0, 0.05) is 18.8 Å². The lowest BCUT2D eigenvalue weighted by Gasteiger charge is -2.13. The van der Waals surface area contributed by atoms with E-state index in [0.29, 0.717) is 17.2 Å². The smallest absolute Gasteiger partial charge is 0.262 e. The molecule has 0 radical (unpaired) electrons. The quantitative estimate of drug-likeness (QED) is 0.442. The van der Waals surface area contributed by atoms with Crippen LogP contribution in [0, 0.1) is 0 Å². The summed E-state index contributed by atoms with van der Waals surface area (Å²) in [7, 11) is -2.17. The van der Waals surface area contributed by atoms with Gasteiger partial charge in [0.25, 0.3) is 5.91 Å². The highest BCUT2D eigenvalue weighted by atomic mass is 32.2. The van der Waals surface area contributed by atoms with Crippen LogP contribution in [0.1, 0.15) is 6.92 Å². The maximum Gasteiger partial charge on any atom is 0.262 e. The third kappa shape index (κ3) is 7.60. The Kier molecular flexibility index (Phi) is 8.42. The van der Waals surface area contributed by atoms with E-state index < -0.39 is 10.0 Å². The number of carbonyl (C=O) groups excluding carboxylic acids is 1. The molecular weight excluding hydrogens is 444 g/mol. The summed E-state index contributed by atoms with van der Waals surface area (Å²) >= 11 is 0. The largest absolute Gasteiger partial charge is 0.484 e. The van der Waals surface area contributed by atoms with Crippen molar-refractivity contribution in [2.24, 2.45) is 0 Å². The summed E-state index contributed by atoms with van der Waals surface area (Å²) in [5.74, 6) is 1.52. The van der Waals surface area contributed by atoms with E-state index in [1.165, 1.54) is 31.4 Å². The standard InChI is InChI=1S/C24H26N2O6S/c1-18(16-30-2)26-33(28,29)23-14-8-19(9-15-23)25-24(27)17-31-20-10-12-22(13-11-20)32-21-6-4-3-5-7-21/h3-15,18,26H,16-17H2,1-2H3,(H,25,27). The molecule has 0 aliphatic heterocycles. The molecule has 3 aromatic carbocycles. The molecule has 0 saturated carbocycles. The Morgan fingerprint density at radius 2 is 1.48 bits per heavy atom. The molecule has 0 aliphatic carbocycles. The Labute approximate surface area is 193 Å². The zero-order valence-corrected chi connectivity index (χ0v) is 19.2. The number of benzene rings is 3. The van der Waals surface area contributed by atoms with Gasteiger partial charge in [0.15, 0.2) is 6.61 Å². The molecule has 3 aromatic rings. The van der Waals surface area contributed by atoms with E-state index in [4.69, 9.17) is 14.2 Å². The van der Waals surface area contributed by atoms with E-state index in [1.807, 2.05) is 30.3 Å². The van der Waals surface area contributed by atoms with Crippen molar-refractivity contribution in [2.75, 3.05) is 25.6 Å². The maximum atomic E-state index is 12.4. The number of sulfonamides is 1. The van der Waals surface area contributed by atoms with Crippen LogP contribution >= 0.6 is 0 Å². The summed E-state index contributed by atoms with van der Waals surface area (Å²) in [6, 6.07) is 21.8. The molecule has 1 unspecified atom stereocenters. The minimum atomic E-state index is -3.67. The second-order valence-corrected chi connectivity index (χ2v) is 8.94. The zero-order valence-electron chi connectivity index (χ0n) is 18.4. The number of hydrogen-bond donors (Lipinski definition) is 2. The minimum absolute atomic E-state index is 0.0949. The van der Waals surface area contributed by atoms with Gasteiger partial charge in [-0.05, 0) is 67.6 Å². The number of amides is 1. The Balaban J connectivity index is 1.48. The van der Waals surface area contributed by atoms with Crippen LogP contribution in [0.5, 0.6) is 17.2 Å². The highest BCUT2D eigenvalue weighted by molar-refractivity contribution is 7.89. The van der Waals surface area contributed by atoms with Crippen molar-refractivity contribution in [1.29, 1.82) is 0 Å². The number of carbonyl (C=O) groups is 1. The number of methoxy groups -OCH3 is 1. The van der Waals surface area contributed by atoms with Crippen LogP contribution in [0.2, 0.25) is 0 Å². The first-order valence-corrected chi connectivity index (χ1v) is 11.7. The molecule has 0 saturated heterocycles. The Hall–Kier alpha value is -3.40. The molecule has 0 aromatic heterocycles. The van der Waals surface area contributed by atoms with Gasteiger partial charge in [-0.3, -0.25) is 4.79 Å². The van der Waals surface area contributed by atoms with Crippen LogP contribution in [-0.2, 0) is 19.6 Å². The summed E-state index contributed by atoms with van der Waals surface area (Å²) < 4.78 is 43.4. The molecule has 1 amide bonds. The molecule has 0 spiro atoms. The average molecular weight is 471 g/mol. The van der Waals surface area contributed by atoms with Crippen molar-refractivity contribution in [2.45, 2.75) is 17.9 Å². The highest BCUT2D eigenvalue weighted by Gasteiger charge is 2.17. The summed E-state index contributed by atoms with van der Waals surface area (Å²) in [5, 5.41) is 2.67. The molecule has 0 fully saturated rings. The topological polar surface area (TPSA) is 103 Å². The van der Waals surface area contributed by atoms with Crippen LogP contribution in [-0.4, -0.2) is 40.7 Å². The van der Waals surface area contributed by atoms with Crippen molar-refractivity contribution in [3.63, 3.8) is 0 Å². The number of nitrogens with one attached hydrogen (secondary N) is 2. The molecule has 8 nitrogen and oxygen atoms in total. The third-order valence-corrected chi connectivity index (χ3v) is 6.00. The summed E-state index contributed by atoms with van der Waals surface area (Å²) in [5.41, 5.74) is 0.457. The fourth-order valence-corrected chi connectivity index (χ4v) is 4.14. The second kappa shape index (κ2) is 11.5. The normalized spacial score (nSPS) is 12.1. The highest BCUT2D eigenvalue weighted by Crippen LogP contribution is 2.23. The van der Waals surface area contributed by atoms with Crippen molar-refractivity contribution >= 4 is 21.6 Å². The van der Waals surface area contributed by atoms with E-state index in [1.54, 1.807) is 31.2 Å². The van der Waals surface area contributed by atoms with Gasteiger partial charge in [0.1, 0.15) is 17.2 Å². The fourth-order valence-electron chi connectivity index (χ4n) is 2.91. The summed E-state index contributed by atoms with van der Waals surface area (Å²) in [4.78, 5) is 12.3. The summed E-state index contributed by atoms with van der Waals surface area (Å²) in [6.07, 6.45) is 0. The molecule has 9 heteroatoms. The Morgan fingerprint density at radius 1 is 0.879 bits per heavy atom. The zero-order chi connectivity index (χ0) is 23.7. The molecule has 0 bridgehead atoms. The van der Waals surface area contributed by atoms with Gasteiger partial charge < -0.3 is 19.5 Å². The average Bonchev–Trinajstić information content (AvgIpc) is 2.79. The second-order valence-electron chi connectivity index (χ2n) is 7.23. The lowest BCUT2D eigenvalue weighted by molar-refractivity contribution is -0.118. The molecule has 33 heavy (non-hydrogen) atoms. The lowest BCUT2D eigenvalue weighted by atomic mass is 10.3. The monoisotopic (exact) mass is 470 g/mol. The van der Waals surface area contributed by atoms with Gasteiger partial charge in [-0.1, -0.05) is 18.2 Å². The SMILES string of the molecule is COCC(C)NS(=O)(=O)c1ccc(NC(=O)COc2ccc(Oc3ccccc3)cc2)cc1. The fraction of sp³-hybridized carbons (Fsp3) is 0.208. The van der Waals surface area contributed by atoms with Crippen LogP contribution in [0.3, 0.4) is 0 Å². The Morgan fingerprint density at radius 3 is 2.12 bits per heavy atom. The Bertz CT molecular complexity index is 1130. The number of ether oxygens (including phenoxy) is 3. The minimum Gasteiger partial charge on any atom is -0.484 e. The maximum absolute atomic E-state index is 12.4. The van der Waals surface area contributed by atoms with E-state index in [9.17, 15) is 13.2 Å². The predicted molar refractivity (Wildman–Crippen MR) is 125 cm³/mol. The number of hydrogen-bond acceptors (Lipinski definition) is 6. The first kappa shape index (κ1) is 24.2. The molecule has 3 rings (SSSR count). The molecule has 2 N–H and O–H groups in total. The summed E-state index contributed by atoms with van der Waals surface area (Å²) in [6.45, 7) is 1.77. The third-order valence-electron chi connectivity index (χ3n) is 4.39. The molecule has 174 valence electrons. The first-order chi connectivity index (χ1) is 15.9. The van der Waals surface area contributed by atoms with Crippen LogP contribution in [0.25, 0.3) is 0 Å². The van der Waals surface area contributed by atoms with Gasteiger partial charge in [-0.25, -0.2) is 13.1 Å². The lowest BCUT2D eigenvalue weighted by Crippen LogP contribution is -2.35. The first-order valence-electron chi connectivity index (χ1n) is 10.2. The van der Waals surface area contributed by atoms with E-state index in [-0.39, 0.29) is 30.1 Å². The van der Waals surface area contributed by atoms with Crippen molar-refractivity contribution in [3.8, 4) is 17.2 Å². The number of rotatable bonds is 11. The van der Waals surface area contributed by atoms with E-state index in [0.717, 1.165) is 5.75 Å². The van der Waals surface area contributed by atoms with E-state index >= 15 is 0 Å². The van der Waals surface area contributed by atoms with Crippen molar-refractivity contribution in [1.82, 2.24) is 4.72 Å². The van der Waals surface area contributed by atoms with Gasteiger partial charge in [0.05, 0.1) is 11.5 Å². The van der Waals surface area contributed by atoms with Crippen LogP contribution in [0.15, 0.2) is 83.8 Å². The van der Waals surface area contributed by atoms with Crippen molar-refractivity contribution < 1.29 is 27.4 Å². The van der Waals surface area contributed by atoms with E-state index in [2.05, 4.69) is 10.0 Å². The molecule has 0 heterocycles.